The lowest BCUT2D eigenvalue weighted by Crippen LogP contribution is -2.40. The molecule has 5 nitrogen and oxygen atoms in total. The molecule has 0 fully saturated rings. The zero-order chi connectivity index (χ0) is 16.8. The van der Waals surface area contributed by atoms with E-state index in [1.807, 2.05) is 26.0 Å². The van der Waals surface area contributed by atoms with E-state index >= 15 is 0 Å². The van der Waals surface area contributed by atoms with E-state index in [0.717, 1.165) is 18.2 Å². The van der Waals surface area contributed by atoms with Crippen LogP contribution in [-0.2, 0) is 21.4 Å². The largest absolute Gasteiger partial charge is 0.351 e. The highest BCUT2D eigenvalue weighted by atomic mass is 35.5. The standard InChI is InChI=1S/C15H23ClN2O3S/c1-12(2)8-9-18(22(3,20)21)11-15(19)17-10-13-4-6-14(16)7-5-13/h4-7,12H,8-11H2,1-3H3,(H,17,19). The van der Waals surface area contributed by atoms with Crippen LogP contribution in [0.15, 0.2) is 24.3 Å². The molecule has 0 aromatic heterocycles. The van der Waals surface area contributed by atoms with Gasteiger partial charge in [-0.05, 0) is 30.0 Å². The van der Waals surface area contributed by atoms with Crippen LogP contribution in [0.25, 0.3) is 0 Å². The van der Waals surface area contributed by atoms with Crippen molar-refractivity contribution in [1.82, 2.24) is 9.62 Å². The van der Waals surface area contributed by atoms with Crippen molar-refractivity contribution < 1.29 is 13.2 Å². The third kappa shape index (κ3) is 7.24. The van der Waals surface area contributed by atoms with Gasteiger partial charge in [-0.1, -0.05) is 37.6 Å². The number of rotatable bonds is 8. The fraction of sp³-hybridized carbons (Fsp3) is 0.533. The number of halogens is 1. The second-order valence-corrected chi connectivity index (χ2v) is 8.10. The van der Waals surface area contributed by atoms with E-state index < -0.39 is 10.0 Å². The molecule has 1 amide bonds. The number of sulfonamides is 1. The van der Waals surface area contributed by atoms with Crippen molar-refractivity contribution in [2.45, 2.75) is 26.8 Å². The van der Waals surface area contributed by atoms with Crippen LogP contribution in [0, 0.1) is 5.92 Å². The van der Waals surface area contributed by atoms with Crippen LogP contribution < -0.4 is 5.32 Å². The van der Waals surface area contributed by atoms with Gasteiger partial charge in [0.05, 0.1) is 12.8 Å². The highest BCUT2D eigenvalue weighted by Gasteiger charge is 2.20. The van der Waals surface area contributed by atoms with E-state index in [4.69, 9.17) is 11.6 Å². The van der Waals surface area contributed by atoms with E-state index in [-0.39, 0.29) is 12.5 Å². The monoisotopic (exact) mass is 346 g/mol. The molecule has 0 bridgehead atoms. The Kier molecular flexibility index (Phi) is 7.32. The molecule has 22 heavy (non-hydrogen) atoms. The van der Waals surface area contributed by atoms with E-state index in [2.05, 4.69) is 5.32 Å². The number of nitrogens with one attached hydrogen (secondary N) is 1. The van der Waals surface area contributed by atoms with Crippen molar-refractivity contribution in [2.75, 3.05) is 19.3 Å². The summed E-state index contributed by atoms with van der Waals surface area (Å²) in [5, 5.41) is 3.35. The number of amides is 1. The molecule has 1 N–H and O–H groups in total. The molecule has 7 heteroatoms. The van der Waals surface area contributed by atoms with Crippen molar-refractivity contribution in [3.63, 3.8) is 0 Å². The van der Waals surface area contributed by atoms with Gasteiger partial charge in [-0.2, -0.15) is 4.31 Å². The Bertz CT molecular complexity index is 585. The van der Waals surface area contributed by atoms with E-state index in [0.29, 0.717) is 24.0 Å². The van der Waals surface area contributed by atoms with Crippen molar-refractivity contribution in [3.8, 4) is 0 Å². The van der Waals surface area contributed by atoms with Gasteiger partial charge in [-0.15, -0.1) is 0 Å². The summed E-state index contributed by atoms with van der Waals surface area (Å²) in [6.07, 6.45) is 1.84. The van der Waals surface area contributed by atoms with Gasteiger partial charge in [0.15, 0.2) is 0 Å². The van der Waals surface area contributed by atoms with Gasteiger partial charge in [-0.3, -0.25) is 4.79 Å². The number of carbonyl (C=O) groups excluding carboxylic acids is 1. The summed E-state index contributed by atoms with van der Waals surface area (Å²) in [4.78, 5) is 11.9. The molecule has 1 rings (SSSR count). The summed E-state index contributed by atoms with van der Waals surface area (Å²) in [5.74, 6) is 0.0607. The number of nitrogens with zero attached hydrogens (tertiary/aromatic N) is 1. The summed E-state index contributed by atoms with van der Waals surface area (Å²) >= 11 is 5.79. The topological polar surface area (TPSA) is 66.5 Å². The van der Waals surface area contributed by atoms with Crippen LogP contribution in [0.3, 0.4) is 0 Å². The molecule has 0 atom stereocenters. The summed E-state index contributed by atoms with van der Waals surface area (Å²) in [7, 11) is -3.39. The summed E-state index contributed by atoms with van der Waals surface area (Å²) in [5.41, 5.74) is 0.908. The minimum atomic E-state index is -3.39. The Labute approximate surface area is 137 Å². The molecule has 0 saturated carbocycles. The number of hydrogen-bond acceptors (Lipinski definition) is 3. The van der Waals surface area contributed by atoms with E-state index in [1.54, 1.807) is 12.1 Å². The molecule has 0 heterocycles. The van der Waals surface area contributed by atoms with Crippen LogP contribution in [-0.4, -0.2) is 38.0 Å². The molecular formula is C15H23ClN2O3S. The SMILES string of the molecule is CC(C)CCN(CC(=O)NCc1ccc(Cl)cc1)S(C)(=O)=O. The third-order valence-corrected chi connectivity index (χ3v) is 4.65. The maximum absolute atomic E-state index is 11.9. The minimum Gasteiger partial charge on any atom is -0.351 e. The molecule has 124 valence electrons. The van der Waals surface area contributed by atoms with Gasteiger partial charge in [0, 0.05) is 18.1 Å². The first-order valence-corrected chi connectivity index (χ1v) is 9.37. The first-order valence-electron chi connectivity index (χ1n) is 7.14. The second kappa shape index (κ2) is 8.50. The van der Waals surface area contributed by atoms with E-state index in [9.17, 15) is 13.2 Å². The van der Waals surface area contributed by atoms with Crippen LogP contribution in [0.4, 0.5) is 0 Å². The molecule has 0 aliphatic heterocycles. The number of benzene rings is 1. The van der Waals surface area contributed by atoms with Gasteiger partial charge >= 0.3 is 0 Å². The maximum atomic E-state index is 11.9. The molecule has 0 saturated heterocycles. The Morgan fingerprint density at radius 1 is 1.27 bits per heavy atom. The quantitative estimate of drug-likeness (QED) is 0.785. The zero-order valence-corrected chi connectivity index (χ0v) is 14.7. The first-order chi connectivity index (χ1) is 10.2. The number of carbonyl (C=O) groups is 1. The molecule has 0 spiro atoms. The van der Waals surface area contributed by atoms with Gasteiger partial charge in [0.2, 0.25) is 15.9 Å². The predicted molar refractivity (Wildman–Crippen MR) is 89.2 cm³/mol. The van der Waals surface area contributed by atoms with Crippen molar-refractivity contribution in [3.05, 3.63) is 34.9 Å². The summed E-state index contributed by atoms with van der Waals surface area (Å²) < 4.78 is 24.7. The van der Waals surface area contributed by atoms with Crippen molar-refractivity contribution >= 4 is 27.5 Å². The molecule has 0 radical (unpaired) electrons. The number of hydrogen-bond donors (Lipinski definition) is 1. The highest BCUT2D eigenvalue weighted by molar-refractivity contribution is 7.88. The average molecular weight is 347 g/mol. The van der Waals surface area contributed by atoms with Gasteiger partial charge in [0.25, 0.3) is 0 Å². The molecule has 1 aromatic rings. The Balaban J connectivity index is 2.54. The Morgan fingerprint density at radius 2 is 1.86 bits per heavy atom. The smallest absolute Gasteiger partial charge is 0.235 e. The first kappa shape index (κ1) is 18.9. The fourth-order valence-corrected chi connectivity index (χ4v) is 2.70. The maximum Gasteiger partial charge on any atom is 0.235 e. The fourth-order valence-electron chi connectivity index (χ4n) is 1.78. The second-order valence-electron chi connectivity index (χ2n) is 5.68. The molecule has 0 unspecified atom stereocenters. The highest BCUT2D eigenvalue weighted by Crippen LogP contribution is 2.09. The molecule has 1 aromatic carbocycles. The van der Waals surface area contributed by atoms with Gasteiger partial charge < -0.3 is 5.32 Å². The normalized spacial score (nSPS) is 11.9. The molecule has 0 aliphatic carbocycles. The van der Waals surface area contributed by atoms with Gasteiger partial charge in [-0.25, -0.2) is 8.42 Å². The Hall–Kier alpha value is -1.11. The van der Waals surface area contributed by atoms with Gasteiger partial charge in [0.1, 0.15) is 0 Å². The average Bonchev–Trinajstić information content (AvgIpc) is 2.41. The third-order valence-electron chi connectivity index (χ3n) is 3.15. The predicted octanol–water partition coefficient (Wildman–Crippen LogP) is 2.26. The summed E-state index contributed by atoms with van der Waals surface area (Å²) in [6.45, 7) is 4.57. The van der Waals surface area contributed by atoms with E-state index in [1.165, 1.54) is 4.31 Å². The lowest BCUT2D eigenvalue weighted by molar-refractivity contribution is -0.121. The van der Waals surface area contributed by atoms with Crippen LogP contribution >= 0.6 is 11.6 Å². The molecular weight excluding hydrogens is 324 g/mol. The van der Waals surface area contributed by atoms with Crippen LogP contribution in [0.5, 0.6) is 0 Å². The minimum absolute atomic E-state index is 0.154. The van der Waals surface area contributed by atoms with Crippen molar-refractivity contribution in [1.29, 1.82) is 0 Å². The van der Waals surface area contributed by atoms with Crippen LogP contribution in [0.1, 0.15) is 25.8 Å². The lowest BCUT2D eigenvalue weighted by Gasteiger charge is -2.20. The summed E-state index contributed by atoms with van der Waals surface area (Å²) in [6, 6.07) is 7.12. The molecule has 0 aliphatic rings. The lowest BCUT2D eigenvalue weighted by atomic mass is 10.1. The Morgan fingerprint density at radius 3 is 2.36 bits per heavy atom. The zero-order valence-electron chi connectivity index (χ0n) is 13.2. The van der Waals surface area contributed by atoms with Crippen molar-refractivity contribution in [2.24, 2.45) is 5.92 Å². The van der Waals surface area contributed by atoms with Crippen LogP contribution in [0.2, 0.25) is 5.02 Å².